The molecule has 0 heterocycles. The molecule has 5 nitrogen and oxygen atoms in total. The first kappa shape index (κ1) is 28.4. The van der Waals surface area contributed by atoms with Crippen LogP contribution in [0, 0.1) is 5.41 Å². The molecule has 0 spiro atoms. The van der Waals surface area contributed by atoms with Gasteiger partial charge in [0.25, 0.3) is 0 Å². The maximum atomic E-state index is 12.8. The van der Waals surface area contributed by atoms with Crippen molar-refractivity contribution in [1.29, 1.82) is 0 Å². The maximum Gasteiger partial charge on any atom is 0.407 e. The summed E-state index contributed by atoms with van der Waals surface area (Å²) in [5.74, 6) is -0.951. The molecular weight excluding hydrogens is 438 g/mol. The quantitative estimate of drug-likeness (QED) is 0.463. The lowest BCUT2D eigenvalue weighted by Gasteiger charge is -2.31. The lowest BCUT2D eigenvalue weighted by Crippen LogP contribution is -2.47. The summed E-state index contributed by atoms with van der Waals surface area (Å²) in [4.78, 5) is 25.2. The molecule has 2 aromatic carbocycles. The van der Waals surface area contributed by atoms with Crippen LogP contribution in [0.1, 0.15) is 84.6 Å². The highest BCUT2D eigenvalue weighted by Crippen LogP contribution is 2.31. The van der Waals surface area contributed by atoms with Crippen LogP contribution in [0.25, 0.3) is 0 Å². The molecule has 5 heteroatoms. The molecule has 0 aliphatic heterocycles. The number of carbonyl (C=O) groups is 2. The van der Waals surface area contributed by atoms with Gasteiger partial charge in [0, 0.05) is 6.54 Å². The largest absolute Gasteiger partial charge is 0.481 e. The summed E-state index contributed by atoms with van der Waals surface area (Å²) in [6, 6.07) is 16.2. The normalized spacial score (nSPS) is 12.8. The molecule has 2 N–H and O–H groups in total. The summed E-state index contributed by atoms with van der Waals surface area (Å²) >= 11 is 0. The third kappa shape index (κ3) is 8.41. The first-order valence-corrected chi connectivity index (χ1v) is 12.3. The maximum absolute atomic E-state index is 12.8. The number of carbonyl (C=O) groups excluding carboxylic acids is 1. The van der Waals surface area contributed by atoms with E-state index < -0.39 is 23.1 Å². The molecule has 1 amide bonds. The molecular formula is C30H43NO4. The van der Waals surface area contributed by atoms with E-state index in [9.17, 15) is 14.7 Å². The third-order valence-electron chi connectivity index (χ3n) is 6.15. The first-order valence-electron chi connectivity index (χ1n) is 12.3. The van der Waals surface area contributed by atoms with Gasteiger partial charge in [-0.3, -0.25) is 4.79 Å². The molecule has 0 fully saturated rings. The Labute approximate surface area is 211 Å². The summed E-state index contributed by atoms with van der Waals surface area (Å²) in [6.45, 7) is 18.2. The second-order valence-corrected chi connectivity index (χ2v) is 12.7. The Kier molecular flexibility index (Phi) is 8.47. The van der Waals surface area contributed by atoms with Crippen LogP contribution in [0.3, 0.4) is 0 Å². The minimum atomic E-state index is -1.23. The monoisotopic (exact) mass is 481 g/mol. The number of alkyl carbamates (subject to hydrolysis) is 1. The number of carboxylic acid groups (broad SMARTS) is 1. The van der Waals surface area contributed by atoms with Gasteiger partial charge in [-0.1, -0.05) is 90.1 Å². The molecule has 35 heavy (non-hydrogen) atoms. The Morgan fingerprint density at radius 2 is 1.09 bits per heavy atom. The fraction of sp³-hybridized carbons (Fsp3) is 0.533. The van der Waals surface area contributed by atoms with Crippen LogP contribution >= 0.6 is 0 Å². The van der Waals surface area contributed by atoms with E-state index in [0.29, 0.717) is 0 Å². The Bertz CT molecular complexity index is 941. The highest BCUT2D eigenvalue weighted by Gasteiger charge is 2.40. The Hall–Kier alpha value is -2.82. The van der Waals surface area contributed by atoms with Gasteiger partial charge >= 0.3 is 12.1 Å². The van der Waals surface area contributed by atoms with Gasteiger partial charge in [-0.25, -0.2) is 4.79 Å². The molecule has 2 rings (SSSR count). The van der Waals surface area contributed by atoms with Gasteiger partial charge in [0.05, 0.1) is 5.41 Å². The van der Waals surface area contributed by atoms with E-state index in [4.69, 9.17) is 4.74 Å². The number of aliphatic carboxylic acids is 1. The lowest BCUT2D eigenvalue weighted by atomic mass is 9.75. The molecule has 0 aromatic heterocycles. The average Bonchev–Trinajstić information content (AvgIpc) is 2.70. The molecule has 0 saturated heterocycles. The first-order chi connectivity index (χ1) is 15.9. The Balaban J connectivity index is 2.39. The number of nitrogens with one attached hydrogen (secondary N) is 1. The van der Waals surface area contributed by atoms with Crippen molar-refractivity contribution in [3.05, 3.63) is 70.8 Å². The SMILES string of the molecule is CC(C)(C)OC(=O)NCC(Cc1ccc(C(C)(C)C)cc1)(Cc1ccc(C(C)(C)C)cc1)C(=O)O. The lowest BCUT2D eigenvalue weighted by molar-refractivity contribution is -0.148. The summed E-state index contributed by atoms with van der Waals surface area (Å²) in [6.07, 6.45) is -0.0538. The van der Waals surface area contributed by atoms with Crippen LogP contribution in [0.5, 0.6) is 0 Å². The van der Waals surface area contributed by atoms with Crippen LogP contribution in [0.15, 0.2) is 48.5 Å². The number of hydrogen-bond donors (Lipinski definition) is 2. The molecule has 2 aromatic rings. The van der Waals surface area contributed by atoms with Gasteiger partial charge in [0.1, 0.15) is 5.60 Å². The topological polar surface area (TPSA) is 75.6 Å². The van der Waals surface area contributed by atoms with E-state index in [1.54, 1.807) is 20.8 Å². The predicted octanol–water partition coefficient (Wildman–Crippen LogP) is 6.66. The Morgan fingerprint density at radius 1 is 0.714 bits per heavy atom. The summed E-state index contributed by atoms with van der Waals surface area (Å²) in [5.41, 5.74) is 2.32. The zero-order valence-corrected chi connectivity index (χ0v) is 22.9. The van der Waals surface area contributed by atoms with Gasteiger partial charge in [-0.05, 0) is 66.7 Å². The highest BCUT2D eigenvalue weighted by atomic mass is 16.6. The molecule has 0 aliphatic rings. The number of carboxylic acids is 1. The summed E-state index contributed by atoms with van der Waals surface area (Å²) in [7, 11) is 0. The number of rotatable bonds is 7. The van der Waals surface area contributed by atoms with Gasteiger partial charge in [-0.15, -0.1) is 0 Å². The minimum Gasteiger partial charge on any atom is -0.481 e. The summed E-state index contributed by atoms with van der Waals surface area (Å²) < 4.78 is 5.38. The van der Waals surface area contributed by atoms with Crippen LogP contribution in [0.2, 0.25) is 0 Å². The molecule has 192 valence electrons. The predicted molar refractivity (Wildman–Crippen MR) is 142 cm³/mol. The standard InChI is InChI=1S/C30H43NO4/c1-27(2,3)23-14-10-21(11-15-23)18-30(25(32)33,20-31-26(34)35-29(7,8)9)19-22-12-16-24(17-13-22)28(4,5)6/h10-17H,18-20H2,1-9H3,(H,31,34)(H,32,33). The van der Waals surface area contributed by atoms with Crippen LogP contribution in [0.4, 0.5) is 4.79 Å². The Morgan fingerprint density at radius 3 is 1.37 bits per heavy atom. The van der Waals surface area contributed by atoms with Crippen molar-refractivity contribution in [3.8, 4) is 0 Å². The van der Waals surface area contributed by atoms with Crippen molar-refractivity contribution < 1.29 is 19.4 Å². The second kappa shape index (κ2) is 10.4. The minimum absolute atomic E-state index is 0.00941. The van der Waals surface area contributed by atoms with Crippen molar-refractivity contribution in [1.82, 2.24) is 5.32 Å². The third-order valence-corrected chi connectivity index (χ3v) is 6.15. The van der Waals surface area contributed by atoms with Crippen molar-refractivity contribution in [3.63, 3.8) is 0 Å². The van der Waals surface area contributed by atoms with Crippen LogP contribution in [-0.2, 0) is 33.2 Å². The molecule has 0 atom stereocenters. The van der Waals surface area contributed by atoms with E-state index in [1.165, 1.54) is 11.1 Å². The van der Waals surface area contributed by atoms with Gasteiger partial charge in [-0.2, -0.15) is 0 Å². The number of ether oxygens (including phenoxy) is 1. The van der Waals surface area contributed by atoms with Crippen LogP contribution in [-0.4, -0.2) is 29.3 Å². The fourth-order valence-corrected chi connectivity index (χ4v) is 4.00. The molecule has 0 saturated carbocycles. The molecule has 0 unspecified atom stereocenters. The van der Waals surface area contributed by atoms with Crippen molar-refractivity contribution in [2.45, 2.75) is 91.6 Å². The zero-order valence-electron chi connectivity index (χ0n) is 22.9. The van der Waals surface area contributed by atoms with Crippen LogP contribution < -0.4 is 5.32 Å². The fourth-order valence-electron chi connectivity index (χ4n) is 4.00. The number of benzene rings is 2. The van der Waals surface area contributed by atoms with E-state index in [2.05, 4.69) is 71.1 Å². The van der Waals surface area contributed by atoms with E-state index in [0.717, 1.165) is 11.1 Å². The number of amides is 1. The van der Waals surface area contributed by atoms with Gasteiger partial charge in [0.2, 0.25) is 0 Å². The van der Waals surface area contributed by atoms with Crippen molar-refractivity contribution >= 4 is 12.1 Å². The van der Waals surface area contributed by atoms with E-state index in [-0.39, 0.29) is 30.2 Å². The zero-order chi connectivity index (χ0) is 26.7. The molecule has 0 bridgehead atoms. The van der Waals surface area contributed by atoms with Gasteiger partial charge in [0.15, 0.2) is 0 Å². The second-order valence-electron chi connectivity index (χ2n) is 12.7. The van der Waals surface area contributed by atoms with Gasteiger partial charge < -0.3 is 15.2 Å². The highest BCUT2D eigenvalue weighted by molar-refractivity contribution is 5.77. The van der Waals surface area contributed by atoms with E-state index in [1.807, 2.05) is 24.3 Å². The average molecular weight is 482 g/mol. The summed E-state index contributed by atoms with van der Waals surface area (Å²) in [5, 5.41) is 13.2. The van der Waals surface area contributed by atoms with Crippen molar-refractivity contribution in [2.75, 3.05) is 6.54 Å². The van der Waals surface area contributed by atoms with E-state index >= 15 is 0 Å². The smallest absolute Gasteiger partial charge is 0.407 e. The molecule has 0 aliphatic carbocycles. The molecule has 0 radical (unpaired) electrons. The number of hydrogen-bond acceptors (Lipinski definition) is 3. The van der Waals surface area contributed by atoms with Crippen molar-refractivity contribution in [2.24, 2.45) is 5.41 Å².